The standard InChI is InChI=1S/C11H11Cl2NO3/c12-7-2-1-3-8(10(7)13)16-5-4-14-11(15)9-6-17-9/h1-3,9H,4-6H2,(H,14,15). The molecular formula is C11H11Cl2NO3. The summed E-state index contributed by atoms with van der Waals surface area (Å²) in [6, 6.07) is 5.16. The molecule has 6 heteroatoms. The lowest BCUT2D eigenvalue weighted by molar-refractivity contribution is -0.122. The molecule has 0 radical (unpaired) electrons. The summed E-state index contributed by atoms with van der Waals surface area (Å²) < 4.78 is 10.2. The molecule has 1 saturated heterocycles. The van der Waals surface area contributed by atoms with E-state index >= 15 is 0 Å². The van der Waals surface area contributed by atoms with E-state index in [4.69, 9.17) is 32.7 Å². The third-order valence-corrected chi connectivity index (χ3v) is 3.00. The maximum atomic E-state index is 11.2. The van der Waals surface area contributed by atoms with Gasteiger partial charge in [0.05, 0.1) is 18.2 Å². The predicted molar refractivity (Wildman–Crippen MR) is 64.7 cm³/mol. The van der Waals surface area contributed by atoms with Gasteiger partial charge in [-0.25, -0.2) is 0 Å². The molecule has 1 fully saturated rings. The molecule has 0 aliphatic carbocycles. The average molecular weight is 276 g/mol. The lowest BCUT2D eigenvalue weighted by atomic mass is 10.3. The summed E-state index contributed by atoms with van der Waals surface area (Å²) in [5.41, 5.74) is 0. The highest BCUT2D eigenvalue weighted by atomic mass is 35.5. The summed E-state index contributed by atoms with van der Waals surface area (Å²) in [5, 5.41) is 3.51. The molecule has 1 unspecified atom stereocenters. The van der Waals surface area contributed by atoms with Crippen molar-refractivity contribution in [1.29, 1.82) is 0 Å². The molecule has 1 aromatic rings. The summed E-state index contributed by atoms with van der Waals surface area (Å²) >= 11 is 11.8. The van der Waals surface area contributed by atoms with Gasteiger partial charge in [-0.1, -0.05) is 29.3 Å². The van der Waals surface area contributed by atoms with Crippen LogP contribution >= 0.6 is 23.2 Å². The van der Waals surface area contributed by atoms with E-state index in [0.717, 1.165) is 0 Å². The Morgan fingerprint density at radius 2 is 2.29 bits per heavy atom. The predicted octanol–water partition coefficient (Wildman–Crippen LogP) is 1.89. The van der Waals surface area contributed by atoms with E-state index in [9.17, 15) is 4.79 Å². The molecule has 1 aliphatic rings. The maximum Gasteiger partial charge on any atom is 0.251 e. The van der Waals surface area contributed by atoms with E-state index in [1.807, 2.05) is 0 Å². The van der Waals surface area contributed by atoms with Gasteiger partial charge < -0.3 is 14.8 Å². The Labute approximate surface area is 109 Å². The van der Waals surface area contributed by atoms with Crippen LogP contribution in [0.4, 0.5) is 0 Å². The molecule has 0 spiro atoms. The Hall–Kier alpha value is -0.970. The number of epoxide rings is 1. The van der Waals surface area contributed by atoms with Gasteiger partial charge in [-0.3, -0.25) is 4.79 Å². The number of amides is 1. The van der Waals surface area contributed by atoms with Crippen molar-refractivity contribution in [2.75, 3.05) is 19.8 Å². The van der Waals surface area contributed by atoms with Crippen LogP contribution in [0.3, 0.4) is 0 Å². The van der Waals surface area contributed by atoms with E-state index in [-0.39, 0.29) is 12.0 Å². The Bertz CT molecular complexity index is 421. The van der Waals surface area contributed by atoms with Crippen molar-refractivity contribution in [2.45, 2.75) is 6.10 Å². The van der Waals surface area contributed by atoms with Gasteiger partial charge in [-0.2, -0.15) is 0 Å². The number of rotatable bonds is 5. The number of carbonyl (C=O) groups is 1. The number of nitrogens with one attached hydrogen (secondary N) is 1. The molecule has 1 heterocycles. The summed E-state index contributed by atoms with van der Waals surface area (Å²) in [4.78, 5) is 11.2. The minimum atomic E-state index is -0.273. The molecule has 1 amide bonds. The van der Waals surface area contributed by atoms with E-state index < -0.39 is 0 Å². The lowest BCUT2D eigenvalue weighted by Gasteiger charge is -2.09. The number of ether oxygens (including phenoxy) is 2. The van der Waals surface area contributed by atoms with Crippen LogP contribution in [0.1, 0.15) is 0 Å². The van der Waals surface area contributed by atoms with Crippen LogP contribution in [0.25, 0.3) is 0 Å². The van der Waals surface area contributed by atoms with Crippen LogP contribution in [0.2, 0.25) is 10.0 Å². The Morgan fingerprint density at radius 3 is 3.00 bits per heavy atom. The van der Waals surface area contributed by atoms with Crippen molar-refractivity contribution in [3.8, 4) is 5.75 Å². The lowest BCUT2D eigenvalue weighted by Crippen LogP contribution is -2.31. The first kappa shape index (κ1) is 12.5. The number of hydrogen-bond acceptors (Lipinski definition) is 3. The molecule has 92 valence electrons. The second kappa shape index (κ2) is 5.58. The highest BCUT2D eigenvalue weighted by Gasteiger charge is 2.30. The summed E-state index contributed by atoms with van der Waals surface area (Å²) in [7, 11) is 0. The van der Waals surface area contributed by atoms with Gasteiger partial charge in [-0.15, -0.1) is 0 Å². The monoisotopic (exact) mass is 275 g/mol. The van der Waals surface area contributed by atoms with E-state index in [1.54, 1.807) is 18.2 Å². The van der Waals surface area contributed by atoms with Gasteiger partial charge in [0.2, 0.25) is 0 Å². The molecule has 1 aromatic carbocycles. The van der Waals surface area contributed by atoms with Crippen LogP contribution in [0, 0.1) is 0 Å². The van der Waals surface area contributed by atoms with E-state index in [2.05, 4.69) is 5.32 Å². The Balaban J connectivity index is 1.74. The molecule has 1 N–H and O–H groups in total. The van der Waals surface area contributed by atoms with E-state index in [1.165, 1.54) is 0 Å². The average Bonchev–Trinajstić information content (AvgIpc) is 3.13. The molecule has 4 nitrogen and oxygen atoms in total. The minimum Gasteiger partial charge on any atom is -0.490 e. The second-order valence-corrected chi connectivity index (χ2v) is 4.30. The zero-order chi connectivity index (χ0) is 12.3. The van der Waals surface area contributed by atoms with Gasteiger partial charge in [0, 0.05) is 0 Å². The number of carbonyl (C=O) groups excluding carboxylic acids is 1. The van der Waals surface area contributed by atoms with Crippen molar-refractivity contribution >= 4 is 29.1 Å². The number of benzene rings is 1. The molecule has 0 aromatic heterocycles. The second-order valence-electron chi connectivity index (χ2n) is 3.51. The SMILES string of the molecule is O=C(NCCOc1cccc(Cl)c1Cl)C1CO1. The fraction of sp³-hybridized carbons (Fsp3) is 0.364. The fourth-order valence-corrected chi connectivity index (χ4v) is 1.59. The summed E-state index contributed by atoms with van der Waals surface area (Å²) in [6.07, 6.45) is -0.273. The molecule has 2 rings (SSSR count). The fourth-order valence-electron chi connectivity index (χ4n) is 1.24. The van der Waals surface area contributed by atoms with Gasteiger partial charge in [0.1, 0.15) is 17.4 Å². The molecule has 17 heavy (non-hydrogen) atoms. The van der Waals surface area contributed by atoms with Crippen LogP contribution in [-0.4, -0.2) is 31.8 Å². The third kappa shape index (κ3) is 3.49. The summed E-state index contributed by atoms with van der Waals surface area (Å²) in [5.74, 6) is 0.405. The summed E-state index contributed by atoms with van der Waals surface area (Å²) in [6.45, 7) is 1.24. The zero-order valence-electron chi connectivity index (χ0n) is 8.91. The zero-order valence-corrected chi connectivity index (χ0v) is 10.4. The topological polar surface area (TPSA) is 50.9 Å². The van der Waals surface area contributed by atoms with Crippen molar-refractivity contribution in [3.05, 3.63) is 28.2 Å². The van der Waals surface area contributed by atoms with Crippen LogP contribution in [0.5, 0.6) is 5.75 Å². The molecule has 1 atom stereocenters. The first-order valence-electron chi connectivity index (χ1n) is 5.14. The maximum absolute atomic E-state index is 11.2. The van der Waals surface area contributed by atoms with Crippen molar-refractivity contribution in [1.82, 2.24) is 5.32 Å². The molecule has 1 aliphatic heterocycles. The van der Waals surface area contributed by atoms with Crippen molar-refractivity contribution < 1.29 is 14.3 Å². The van der Waals surface area contributed by atoms with Crippen LogP contribution in [0.15, 0.2) is 18.2 Å². The van der Waals surface area contributed by atoms with Crippen LogP contribution < -0.4 is 10.1 Å². The highest BCUT2D eigenvalue weighted by molar-refractivity contribution is 6.42. The van der Waals surface area contributed by atoms with Gasteiger partial charge in [0.15, 0.2) is 6.10 Å². The normalized spacial score (nSPS) is 17.6. The molecule has 0 saturated carbocycles. The highest BCUT2D eigenvalue weighted by Crippen LogP contribution is 2.31. The first-order valence-corrected chi connectivity index (χ1v) is 5.90. The Morgan fingerprint density at radius 1 is 1.53 bits per heavy atom. The molecule has 0 bridgehead atoms. The quantitative estimate of drug-likeness (QED) is 0.660. The van der Waals surface area contributed by atoms with Crippen molar-refractivity contribution in [3.63, 3.8) is 0 Å². The first-order chi connectivity index (χ1) is 8.18. The Kier molecular flexibility index (Phi) is 4.10. The van der Waals surface area contributed by atoms with Crippen molar-refractivity contribution in [2.24, 2.45) is 0 Å². The minimum absolute atomic E-state index is 0.106. The largest absolute Gasteiger partial charge is 0.490 e. The molecular weight excluding hydrogens is 265 g/mol. The van der Waals surface area contributed by atoms with Gasteiger partial charge >= 0.3 is 0 Å². The number of halogens is 2. The van der Waals surface area contributed by atoms with Gasteiger partial charge in [0.25, 0.3) is 5.91 Å². The van der Waals surface area contributed by atoms with Crippen LogP contribution in [-0.2, 0) is 9.53 Å². The number of hydrogen-bond donors (Lipinski definition) is 1. The smallest absolute Gasteiger partial charge is 0.251 e. The van der Waals surface area contributed by atoms with E-state index in [0.29, 0.717) is 35.6 Å². The van der Waals surface area contributed by atoms with Gasteiger partial charge in [-0.05, 0) is 12.1 Å². The third-order valence-electron chi connectivity index (χ3n) is 2.20.